The Bertz CT molecular complexity index is 771. The number of esters is 1. The van der Waals surface area contributed by atoms with Crippen LogP contribution in [0.15, 0.2) is 53.4 Å². The number of hydrogen-bond donors (Lipinski definition) is 1. The van der Waals surface area contributed by atoms with Gasteiger partial charge >= 0.3 is 5.97 Å². The van der Waals surface area contributed by atoms with E-state index in [4.69, 9.17) is 11.6 Å². The summed E-state index contributed by atoms with van der Waals surface area (Å²) in [6.45, 7) is 1.47. The van der Waals surface area contributed by atoms with Crippen molar-refractivity contribution in [3.8, 4) is 11.1 Å². The van der Waals surface area contributed by atoms with E-state index in [0.717, 1.165) is 11.1 Å². The average Bonchev–Trinajstić information content (AvgIpc) is 2.54. The summed E-state index contributed by atoms with van der Waals surface area (Å²) < 4.78 is 31.1. The van der Waals surface area contributed by atoms with Crippen molar-refractivity contribution in [2.24, 2.45) is 0 Å². The summed E-state index contributed by atoms with van der Waals surface area (Å²) >= 11 is 5.84. The van der Waals surface area contributed by atoms with Gasteiger partial charge in [-0.15, -0.1) is 0 Å². The SMILES string of the molecule is CCOC(=O)CNS(=O)(=O)c1ccc(-c2ccc(Cl)cc2)cc1. The molecule has 0 aliphatic heterocycles. The molecule has 5 nitrogen and oxygen atoms in total. The Kier molecular flexibility index (Phi) is 5.76. The predicted octanol–water partition coefficient (Wildman–Crippen LogP) is 2.85. The molecular formula is C16H16ClNO4S. The van der Waals surface area contributed by atoms with E-state index < -0.39 is 22.5 Å². The zero-order valence-electron chi connectivity index (χ0n) is 12.5. The molecule has 0 aliphatic rings. The number of benzene rings is 2. The highest BCUT2D eigenvalue weighted by Crippen LogP contribution is 2.23. The number of hydrogen-bond acceptors (Lipinski definition) is 4. The van der Waals surface area contributed by atoms with Crippen LogP contribution in [0.5, 0.6) is 0 Å². The first kappa shape index (κ1) is 17.5. The maximum Gasteiger partial charge on any atom is 0.321 e. The van der Waals surface area contributed by atoms with Crippen LogP contribution in [0.4, 0.5) is 0 Å². The van der Waals surface area contributed by atoms with E-state index >= 15 is 0 Å². The second kappa shape index (κ2) is 7.59. The lowest BCUT2D eigenvalue weighted by molar-refractivity contribution is -0.141. The summed E-state index contributed by atoms with van der Waals surface area (Å²) in [5.41, 5.74) is 1.80. The van der Waals surface area contributed by atoms with Crippen LogP contribution in [0.1, 0.15) is 6.92 Å². The Morgan fingerprint density at radius 3 is 2.09 bits per heavy atom. The fourth-order valence-electron chi connectivity index (χ4n) is 1.92. The van der Waals surface area contributed by atoms with Gasteiger partial charge in [-0.05, 0) is 42.3 Å². The van der Waals surface area contributed by atoms with Crippen molar-refractivity contribution in [3.63, 3.8) is 0 Å². The van der Waals surface area contributed by atoms with Crippen LogP contribution >= 0.6 is 11.6 Å². The molecule has 2 aromatic carbocycles. The van der Waals surface area contributed by atoms with Crippen LogP contribution in [0, 0.1) is 0 Å². The van der Waals surface area contributed by atoms with Crippen LogP contribution in [0.2, 0.25) is 5.02 Å². The van der Waals surface area contributed by atoms with E-state index in [1.807, 2.05) is 12.1 Å². The number of carbonyl (C=O) groups is 1. The zero-order valence-corrected chi connectivity index (χ0v) is 14.0. The molecule has 0 aromatic heterocycles. The summed E-state index contributed by atoms with van der Waals surface area (Å²) in [5, 5.41) is 0.635. The Morgan fingerprint density at radius 2 is 1.57 bits per heavy atom. The molecule has 7 heteroatoms. The van der Waals surface area contributed by atoms with Crippen molar-refractivity contribution in [1.29, 1.82) is 0 Å². The Labute approximate surface area is 140 Å². The highest BCUT2D eigenvalue weighted by molar-refractivity contribution is 7.89. The van der Waals surface area contributed by atoms with Gasteiger partial charge in [-0.2, -0.15) is 4.72 Å². The first-order chi connectivity index (χ1) is 10.9. The standard InChI is InChI=1S/C16H16ClNO4S/c1-2-22-16(19)11-18-23(20,21)15-9-5-13(6-10-15)12-3-7-14(17)8-4-12/h3-10,18H,2,11H2,1H3. The molecule has 0 aliphatic carbocycles. The summed E-state index contributed by atoms with van der Waals surface area (Å²) in [6, 6.07) is 13.6. The van der Waals surface area contributed by atoms with Gasteiger partial charge in [0.15, 0.2) is 0 Å². The second-order valence-corrected chi connectivity index (χ2v) is 6.86. The van der Waals surface area contributed by atoms with Crippen LogP contribution in [0.25, 0.3) is 11.1 Å². The number of sulfonamides is 1. The molecule has 2 aromatic rings. The van der Waals surface area contributed by atoms with Crippen molar-refractivity contribution in [2.75, 3.05) is 13.2 Å². The zero-order chi connectivity index (χ0) is 16.9. The minimum Gasteiger partial charge on any atom is -0.465 e. The second-order valence-electron chi connectivity index (χ2n) is 4.66. The molecule has 0 atom stereocenters. The Morgan fingerprint density at radius 1 is 1.04 bits per heavy atom. The van der Waals surface area contributed by atoms with Crippen molar-refractivity contribution in [3.05, 3.63) is 53.6 Å². The third kappa shape index (κ3) is 4.79. The largest absolute Gasteiger partial charge is 0.465 e. The van der Waals surface area contributed by atoms with E-state index in [2.05, 4.69) is 9.46 Å². The number of rotatable bonds is 6. The molecule has 0 amide bonds. The van der Waals surface area contributed by atoms with Gasteiger partial charge in [0.1, 0.15) is 6.54 Å². The topological polar surface area (TPSA) is 72.5 Å². The molecule has 0 bridgehead atoms. The summed E-state index contributed by atoms with van der Waals surface area (Å²) in [4.78, 5) is 11.3. The van der Waals surface area contributed by atoms with Crippen molar-refractivity contribution >= 4 is 27.6 Å². The lowest BCUT2D eigenvalue weighted by atomic mass is 10.1. The number of carbonyl (C=O) groups excluding carboxylic acids is 1. The fraction of sp³-hybridized carbons (Fsp3) is 0.188. The molecule has 122 valence electrons. The van der Waals surface area contributed by atoms with Gasteiger partial charge in [-0.1, -0.05) is 35.9 Å². The van der Waals surface area contributed by atoms with Crippen molar-refractivity contribution in [1.82, 2.24) is 4.72 Å². The van der Waals surface area contributed by atoms with Crippen LogP contribution < -0.4 is 4.72 Å². The number of halogens is 1. The summed E-state index contributed by atoms with van der Waals surface area (Å²) in [7, 11) is -3.75. The van der Waals surface area contributed by atoms with Crippen LogP contribution in [-0.4, -0.2) is 27.5 Å². The third-order valence-corrected chi connectivity index (χ3v) is 4.72. The number of nitrogens with one attached hydrogen (secondary N) is 1. The average molecular weight is 354 g/mol. The third-order valence-electron chi connectivity index (χ3n) is 3.05. The molecular weight excluding hydrogens is 338 g/mol. The van der Waals surface area contributed by atoms with Crippen LogP contribution in [0.3, 0.4) is 0 Å². The monoisotopic (exact) mass is 353 g/mol. The summed E-state index contributed by atoms with van der Waals surface area (Å²) in [5.74, 6) is -0.617. The normalized spacial score (nSPS) is 11.2. The molecule has 0 spiro atoms. The summed E-state index contributed by atoms with van der Waals surface area (Å²) in [6.07, 6.45) is 0. The van der Waals surface area contributed by atoms with Gasteiger partial charge in [-0.3, -0.25) is 4.79 Å². The maximum atomic E-state index is 12.1. The predicted molar refractivity (Wildman–Crippen MR) is 88.7 cm³/mol. The van der Waals surface area contributed by atoms with E-state index in [1.54, 1.807) is 31.2 Å². The molecule has 2 rings (SSSR count). The lowest BCUT2D eigenvalue weighted by Crippen LogP contribution is -2.30. The fourth-order valence-corrected chi connectivity index (χ4v) is 3.01. The molecule has 0 saturated heterocycles. The first-order valence-corrected chi connectivity index (χ1v) is 8.80. The van der Waals surface area contributed by atoms with E-state index in [-0.39, 0.29) is 11.5 Å². The molecule has 0 saturated carbocycles. The molecule has 0 fully saturated rings. The van der Waals surface area contributed by atoms with E-state index in [1.165, 1.54) is 12.1 Å². The van der Waals surface area contributed by atoms with Crippen LogP contribution in [-0.2, 0) is 19.6 Å². The van der Waals surface area contributed by atoms with Gasteiger partial charge in [0, 0.05) is 5.02 Å². The minimum atomic E-state index is -3.75. The van der Waals surface area contributed by atoms with E-state index in [0.29, 0.717) is 5.02 Å². The van der Waals surface area contributed by atoms with Gasteiger partial charge in [0.2, 0.25) is 10.0 Å². The molecule has 1 N–H and O–H groups in total. The number of ether oxygens (including phenoxy) is 1. The van der Waals surface area contributed by atoms with Gasteiger partial charge in [0.25, 0.3) is 0 Å². The molecule has 0 radical (unpaired) electrons. The molecule has 0 heterocycles. The van der Waals surface area contributed by atoms with Crippen molar-refractivity contribution in [2.45, 2.75) is 11.8 Å². The highest BCUT2D eigenvalue weighted by atomic mass is 35.5. The smallest absolute Gasteiger partial charge is 0.321 e. The Balaban J connectivity index is 2.12. The van der Waals surface area contributed by atoms with Gasteiger partial charge in [0.05, 0.1) is 11.5 Å². The molecule has 0 unspecified atom stereocenters. The maximum absolute atomic E-state index is 12.1. The quantitative estimate of drug-likeness (QED) is 0.810. The first-order valence-electron chi connectivity index (χ1n) is 6.93. The van der Waals surface area contributed by atoms with Crippen molar-refractivity contribution < 1.29 is 17.9 Å². The highest BCUT2D eigenvalue weighted by Gasteiger charge is 2.15. The van der Waals surface area contributed by atoms with E-state index in [9.17, 15) is 13.2 Å². The molecule has 23 heavy (non-hydrogen) atoms. The minimum absolute atomic E-state index is 0.0829. The van der Waals surface area contributed by atoms with Gasteiger partial charge in [-0.25, -0.2) is 8.42 Å². The lowest BCUT2D eigenvalue weighted by Gasteiger charge is -2.08. The van der Waals surface area contributed by atoms with Gasteiger partial charge < -0.3 is 4.74 Å². The Hall–Kier alpha value is -1.89.